The van der Waals surface area contributed by atoms with Crippen molar-refractivity contribution in [3.05, 3.63) is 23.9 Å². The van der Waals surface area contributed by atoms with Gasteiger partial charge in [-0.05, 0) is 25.1 Å². The molecular weight excluding hydrogens is 238 g/mol. The first-order chi connectivity index (χ1) is 8.28. The molecule has 3 rings (SSSR count). The molecule has 0 bridgehead atoms. The molecule has 17 heavy (non-hydrogen) atoms. The van der Waals surface area contributed by atoms with Crippen molar-refractivity contribution in [3.8, 4) is 22.1 Å². The van der Waals surface area contributed by atoms with Gasteiger partial charge in [0.25, 0.3) is 0 Å². The summed E-state index contributed by atoms with van der Waals surface area (Å²) in [6.45, 7) is 2.20. The van der Waals surface area contributed by atoms with Crippen molar-refractivity contribution in [2.24, 2.45) is 5.84 Å². The number of anilines is 1. The molecule has 0 saturated carbocycles. The fourth-order valence-electron chi connectivity index (χ4n) is 1.68. The van der Waals surface area contributed by atoms with Gasteiger partial charge in [0.1, 0.15) is 10.0 Å². The molecule has 0 radical (unpaired) electrons. The number of hydrazine groups is 1. The Morgan fingerprint density at radius 3 is 2.94 bits per heavy atom. The summed E-state index contributed by atoms with van der Waals surface area (Å²) in [7, 11) is 0. The molecule has 88 valence electrons. The van der Waals surface area contributed by atoms with Crippen LogP contribution in [0.4, 0.5) is 5.00 Å². The lowest BCUT2D eigenvalue weighted by atomic mass is 10.2. The number of rotatable bonds is 2. The molecule has 0 unspecified atom stereocenters. The van der Waals surface area contributed by atoms with E-state index in [1.807, 2.05) is 25.1 Å². The molecule has 0 saturated heterocycles. The zero-order valence-corrected chi connectivity index (χ0v) is 10.0. The van der Waals surface area contributed by atoms with Crippen molar-refractivity contribution < 1.29 is 9.47 Å². The van der Waals surface area contributed by atoms with Gasteiger partial charge in [0, 0.05) is 5.56 Å². The van der Waals surface area contributed by atoms with E-state index in [1.54, 1.807) is 0 Å². The van der Waals surface area contributed by atoms with E-state index in [0.29, 0.717) is 0 Å². The highest BCUT2D eigenvalue weighted by Gasteiger charge is 2.16. The molecule has 0 amide bonds. The SMILES string of the molecule is Cc1nc(-c2ccc3c(c2)OCO3)sc1NN. The fraction of sp³-hybridized carbons (Fsp3) is 0.182. The van der Waals surface area contributed by atoms with Crippen LogP contribution in [0.2, 0.25) is 0 Å². The Bertz CT molecular complexity index is 568. The summed E-state index contributed by atoms with van der Waals surface area (Å²) in [5.41, 5.74) is 4.54. The number of thiazole rings is 1. The third-order valence-electron chi connectivity index (χ3n) is 2.55. The van der Waals surface area contributed by atoms with E-state index in [-0.39, 0.29) is 6.79 Å². The van der Waals surface area contributed by atoms with Gasteiger partial charge in [0.2, 0.25) is 6.79 Å². The van der Waals surface area contributed by atoms with Crippen LogP contribution in [0, 0.1) is 6.92 Å². The quantitative estimate of drug-likeness (QED) is 0.630. The minimum Gasteiger partial charge on any atom is -0.454 e. The number of aryl methyl sites for hydroxylation is 1. The lowest BCUT2D eigenvalue weighted by Crippen LogP contribution is -2.05. The maximum atomic E-state index is 5.41. The number of nitrogen functional groups attached to an aromatic ring is 1. The Morgan fingerprint density at radius 1 is 1.35 bits per heavy atom. The van der Waals surface area contributed by atoms with Gasteiger partial charge in [-0.1, -0.05) is 11.3 Å². The summed E-state index contributed by atoms with van der Waals surface area (Å²) < 4.78 is 10.6. The Hall–Kier alpha value is -1.79. The van der Waals surface area contributed by atoms with E-state index in [9.17, 15) is 0 Å². The number of fused-ring (bicyclic) bond motifs is 1. The van der Waals surface area contributed by atoms with Crippen molar-refractivity contribution >= 4 is 16.3 Å². The van der Waals surface area contributed by atoms with E-state index < -0.39 is 0 Å². The zero-order chi connectivity index (χ0) is 11.8. The number of hydrogen-bond donors (Lipinski definition) is 2. The highest BCUT2D eigenvalue weighted by Crippen LogP contribution is 2.38. The van der Waals surface area contributed by atoms with Gasteiger partial charge >= 0.3 is 0 Å². The largest absolute Gasteiger partial charge is 0.454 e. The first kappa shape index (κ1) is 10.4. The Labute approximate surface area is 102 Å². The summed E-state index contributed by atoms with van der Waals surface area (Å²) >= 11 is 1.51. The second-order valence-corrected chi connectivity index (χ2v) is 4.65. The fourth-order valence-corrected chi connectivity index (χ4v) is 2.56. The van der Waals surface area contributed by atoms with Gasteiger partial charge in [0.15, 0.2) is 11.5 Å². The van der Waals surface area contributed by atoms with Gasteiger partial charge < -0.3 is 14.9 Å². The Morgan fingerprint density at radius 2 is 2.18 bits per heavy atom. The standard InChI is InChI=1S/C11H11N3O2S/c1-6-10(14-12)17-11(13-6)7-2-3-8-9(4-7)16-5-15-8/h2-4,14H,5,12H2,1H3. The summed E-state index contributed by atoms with van der Waals surface area (Å²) in [6.07, 6.45) is 0. The number of aromatic nitrogens is 1. The predicted octanol–water partition coefficient (Wildman–Crippen LogP) is 2.13. The summed E-state index contributed by atoms with van der Waals surface area (Å²) in [5.74, 6) is 6.95. The third kappa shape index (κ3) is 1.71. The van der Waals surface area contributed by atoms with Crippen LogP contribution >= 0.6 is 11.3 Å². The second kappa shape index (κ2) is 3.90. The van der Waals surface area contributed by atoms with E-state index in [0.717, 1.165) is 32.8 Å². The molecule has 1 aliphatic rings. The zero-order valence-electron chi connectivity index (χ0n) is 9.19. The average molecular weight is 249 g/mol. The molecule has 5 nitrogen and oxygen atoms in total. The predicted molar refractivity (Wildman–Crippen MR) is 66.2 cm³/mol. The van der Waals surface area contributed by atoms with Crippen LogP contribution in [0.1, 0.15) is 5.69 Å². The van der Waals surface area contributed by atoms with Gasteiger partial charge in [0.05, 0.1) is 5.69 Å². The van der Waals surface area contributed by atoms with Crippen LogP contribution in [0.25, 0.3) is 10.6 Å². The minimum atomic E-state index is 0.283. The van der Waals surface area contributed by atoms with Crippen LogP contribution in [0.5, 0.6) is 11.5 Å². The molecule has 1 aliphatic heterocycles. The normalized spacial score (nSPS) is 12.8. The molecule has 0 aliphatic carbocycles. The van der Waals surface area contributed by atoms with Gasteiger partial charge in [-0.3, -0.25) is 0 Å². The van der Waals surface area contributed by atoms with Crippen molar-refractivity contribution in [2.45, 2.75) is 6.92 Å². The van der Waals surface area contributed by atoms with Gasteiger partial charge in [-0.2, -0.15) is 0 Å². The number of ether oxygens (including phenoxy) is 2. The third-order valence-corrected chi connectivity index (χ3v) is 3.68. The minimum absolute atomic E-state index is 0.283. The van der Waals surface area contributed by atoms with E-state index >= 15 is 0 Å². The van der Waals surface area contributed by atoms with Crippen LogP contribution in [-0.2, 0) is 0 Å². The first-order valence-electron chi connectivity index (χ1n) is 5.12. The molecule has 2 heterocycles. The smallest absolute Gasteiger partial charge is 0.231 e. The maximum absolute atomic E-state index is 5.41. The van der Waals surface area contributed by atoms with Crippen molar-refractivity contribution in [1.29, 1.82) is 0 Å². The molecule has 1 aromatic heterocycles. The second-order valence-electron chi connectivity index (χ2n) is 3.65. The Balaban J connectivity index is 2.03. The first-order valence-corrected chi connectivity index (χ1v) is 5.93. The number of nitrogens with two attached hydrogens (primary N) is 1. The van der Waals surface area contributed by atoms with E-state index in [4.69, 9.17) is 15.3 Å². The van der Waals surface area contributed by atoms with Crippen LogP contribution < -0.4 is 20.7 Å². The van der Waals surface area contributed by atoms with E-state index in [2.05, 4.69) is 10.4 Å². The maximum Gasteiger partial charge on any atom is 0.231 e. The number of nitrogens with one attached hydrogen (secondary N) is 1. The van der Waals surface area contributed by atoms with Crippen molar-refractivity contribution in [3.63, 3.8) is 0 Å². The van der Waals surface area contributed by atoms with Gasteiger partial charge in [-0.25, -0.2) is 10.8 Å². The molecule has 1 aromatic carbocycles. The van der Waals surface area contributed by atoms with E-state index in [1.165, 1.54) is 11.3 Å². The lowest BCUT2D eigenvalue weighted by Gasteiger charge is -1.98. The summed E-state index contributed by atoms with van der Waals surface area (Å²) in [5, 5.41) is 1.78. The van der Waals surface area contributed by atoms with Crippen molar-refractivity contribution in [2.75, 3.05) is 12.2 Å². The molecule has 2 aromatic rings. The number of nitrogens with zero attached hydrogens (tertiary/aromatic N) is 1. The topological polar surface area (TPSA) is 69.4 Å². The molecule has 0 atom stereocenters. The summed E-state index contributed by atoms with van der Waals surface area (Å²) in [4.78, 5) is 4.46. The highest BCUT2D eigenvalue weighted by molar-refractivity contribution is 7.19. The highest BCUT2D eigenvalue weighted by atomic mass is 32.1. The van der Waals surface area contributed by atoms with Crippen LogP contribution in [0.15, 0.2) is 18.2 Å². The molecule has 6 heteroatoms. The number of benzene rings is 1. The van der Waals surface area contributed by atoms with Gasteiger partial charge in [-0.15, -0.1) is 0 Å². The Kier molecular flexibility index (Phi) is 2.38. The molecular formula is C11H11N3O2S. The lowest BCUT2D eigenvalue weighted by molar-refractivity contribution is 0.174. The van der Waals surface area contributed by atoms with Crippen LogP contribution in [0.3, 0.4) is 0 Å². The molecule has 0 spiro atoms. The van der Waals surface area contributed by atoms with Crippen molar-refractivity contribution in [1.82, 2.24) is 4.98 Å². The molecule has 0 fully saturated rings. The van der Waals surface area contributed by atoms with Crippen LogP contribution in [-0.4, -0.2) is 11.8 Å². The monoisotopic (exact) mass is 249 g/mol. The number of hydrogen-bond acceptors (Lipinski definition) is 6. The average Bonchev–Trinajstić information content (AvgIpc) is 2.93. The summed E-state index contributed by atoms with van der Waals surface area (Å²) in [6, 6.07) is 5.79. The molecule has 3 N–H and O–H groups in total.